The predicted molar refractivity (Wildman–Crippen MR) is 89.7 cm³/mol. The van der Waals surface area contributed by atoms with Crippen molar-refractivity contribution in [1.82, 2.24) is 9.78 Å². The van der Waals surface area contributed by atoms with Crippen LogP contribution in [0.1, 0.15) is 33.3 Å². The normalized spacial score (nSPS) is 15.3. The summed E-state index contributed by atoms with van der Waals surface area (Å²) in [5.41, 5.74) is 6.47. The quantitative estimate of drug-likeness (QED) is 0.788. The molecule has 0 spiro atoms. The number of hydrogen-bond donors (Lipinski definition) is 1. The molecule has 0 radical (unpaired) electrons. The summed E-state index contributed by atoms with van der Waals surface area (Å²) in [5.74, 6) is -1.17. The molecule has 1 aliphatic heterocycles. The number of anilines is 1. The van der Waals surface area contributed by atoms with E-state index >= 15 is 0 Å². The van der Waals surface area contributed by atoms with Crippen molar-refractivity contribution in [3.63, 3.8) is 0 Å². The van der Waals surface area contributed by atoms with Crippen LogP contribution >= 0.6 is 0 Å². The maximum atomic E-state index is 10.9. The van der Waals surface area contributed by atoms with Gasteiger partial charge in [0.25, 0.3) is 0 Å². The molecule has 2 aromatic carbocycles. The summed E-state index contributed by atoms with van der Waals surface area (Å²) < 4.78 is 1.95. The summed E-state index contributed by atoms with van der Waals surface area (Å²) in [4.78, 5) is 10.9. The Morgan fingerprint density at radius 2 is 1.88 bits per heavy atom. The maximum absolute atomic E-state index is 10.9. The highest BCUT2D eigenvalue weighted by Gasteiger charge is 2.26. The van der Waals surface area contributed by atoms with Crippen molar-refractivity contribution < 1.29 is 9.90 Å². The Bertz CT molecular complexity index is 942. The zero-order valence-electron chi connectivity index (χ0n) is 13.4. The van der Waals surface area contributed by atoms with Gasteiger partial charge in [0.15, 0.2) is 0 Å². The molecule has 0 amide bonds. The molecule has 0 aliphatic carbocycles. The van der Waals surface area contributed by atoms with Gasteiger partial charge < -0.3 is 15.2 Å². The van der Waals surface area contributed by atoms with E-state index < -0.39 is 5.97 Å². The molecule has 0 unspecified atom stereocenters. The van der Waals surface area contributed by atoms with E-state index in [0.29, 0.717) is 0 Å². The molecule has 0 saturated heterocycles. The van der Waals surface area contributed by atoms with Gasteiger partial charge in [-0.1, -0.05) is 35.9 Å². The van der Waals surface area contributed by atoms with E-state index in [0.717, 1.165) is 28.2 Å². The van der Waals surface area contributed by atoms with Gasteiger partial charge in [-0.3, -0.25) is 0 Å². The highest BCUT2D eigenvalue weighted by molar-refractivity contribution is 5.85. The van der Waals surface area contributed by atoms with Crippen molar-refractivity contribution in [3.05, 3.63) is 70.9 Å². The first-order valence-corrected chi connectivity index (χ1v) is 7.78. The Morgan fingerprint density at radius 1 is 1.12 bits per heavy atom. The third-order valence-corrected chi connectivity index (χ3v) is 4.31. The fraction of sp³-hybridized carbons (Fsp3) is 0.158. The van der Waals surface area contributed by atoms with Gasteiger partial charge >= 0.3 is 0 Å². The molecule has 0 saturated carbocycles. The standard InChI is InChI=1S/C19H17N3O2/c1-11-3-8-16-15(9-11)17-10-12(2)21-22(17)18(20-16)13-4-6-14(7-5-13)19(23)24/h3-10,18,20H,1-2H3,(H,23,24)/p-1/t18-/m0/s1. The molecular weight excluding hydrogens is 302 g/mol. The van der Waals surface area contributed by atoms with E-state index in [1.807, 2.05) is 11.6 Å². The molecule has 5 heteroatoms. The molecule has 1 N–H and O–H groups in total. The average Bonchev–Trinajstić information content (AvgIpc) is 2.96. The lowest BCUT2D eigenvalue weighted by molar-refractivity contribution is -0.255. The number of aromatic carboxylic acids is 1. The average molecular weight is 318 g/mol. The van der Waals surface area contributed by atoms with Crippen LogP contribution in [0.3, 0.4) is 0 Å². The Morgan fingerprint density at radius 3 is 2.58 bits per heavy atom. The number of carboxylic acids is 1. The number of benzene rings is 2. The van der Waals surface area contributed by atoms with Crippen LogP contribution in [-0.4, -0.2) is 15.7 Å². The number of aryl methyl sites for hydroxylation is 2. The molecule has 0 bridgehead atoms. The number of rotatable bonds is 2. The molecular formula is C19H16N3O2-. The minimum Gasteiger partial charge on any atom is -0.545 e. The summed E-state index contributed by atoms with van der Waals surface area (Å²) in [7, 11) is 0. The number of hydrogen-bond acceptors (Lipinski definition) is 4. The van der Waals surface area contributed by atoms with Gasteiger partial charge in [0.2, 0.25) is 0 Å². The maximum Gasteiger partial charge on any atom is 0.147 e. The number of nitrogens with one attached hydrogen (secondary N) is 1. The van der Waals surface area contributed by atoms with E-state index in [2.05, 4.69) is 41.6 Å². The Labute approximate surface area is 139 Å². The van der Waals surface area contributed by atoms with E-state index in [4.69, 9.17) is 0 Å². The second kappa shape index (κ2) is 5.23. The summed E-state index contributed by atoms with van der Waals surface area (Å²) in [6.07, 6.45) is -0.181. The first-order chi connectivity index (χ1) is 11.5. The zero-order valence-corrected chi connectivity index (χ0v) is 13.4. The zero-order chi connectivity index (χ0) is 16.8. The largest absolute Gasteiger partial charge is 0.545 e. The van der Waals surface area contributed by atoms with Gasteiger partial charge in [0.05, 0.1) is 17.4 Å². The van der Waals surface area contributed by atoms with Crippen molar-refractivity contribution in [3.8, 4) is 11.3 Å². The minimum absolute atomic E-state index is 0.169. The topological polar surface area (TPSA) is 70.0 Å². The molecule has 1 atom stereocenters. The van der Waals surface area contributed by atoms with Crippen molar-refractivity contribution in [2.75, 3.05) is 5.32 Å². The number of carboxylic acid groups (broad SMARTS) is 1. The van der Waals surface area contributed by atoms with Gasteiger partial charge in [-0.2, -0.15) is 5.10 Å². The van der Waals surface area contributed by atoms with Crippen LogP contribution in [0.25, 0.3) is 11.3 Å². The van der Waals surface area contributed by atoms with Crippen LogP contribution in [0.2, 0.25) is 0 Å². The Balaban J connectivity index is 1.83. The van der Waals surface area contributed by atoms with E-state index in [-0.39, 0.29) is 11.7 Å². The van der Waals surface area contributed by atoms with E-state index in [9.17, 15) is 9.90 Å². The van der Waals surface area contributed by atoms with Gasteiger partial charge in [-0.05, 0) is 43.2 Å². The third-order valence-electron chi connectivity index (χ3n) is 4.31. The Kier molecular flexibility index (Phi) is 3.16. The van der Waals surface area contributed by atoms with Crippen LogP contribution in [0.4, 0.5) is 5.69 Å². The van der Waals surface area contributed by atoms with Crippen LogP contribution in [0.5, 0.6) is 0 Å². The molecule has 1 aromatic heterocycles. The molecule has 2 heterocycles. The molecule has 5 nitrogen and oxygen atoms in total. The van der Waals surface area contributed by atoms with Gasteiger partial charge in [0.1, 0.15) is 6.17 Å². The number of carbonyl (C=O) groups excluding carboxylic acids is 1. The summed E-state index contributed by atoms with van der Waals surface area (Å²) in [5, 5.41) is 19.1. The van der Waals surface area contributed by atoms with E-state index in [1.165, 1.54) is 5.56 Å². The predicted octanol–water partition coefficient (Wildman–Crippen LogP) is 2.50. The second-order valence-corrected chi connectivity index (χ2v) is 6.12. The smallest absolute Gasteiger partial charge is 0.147 e. The summed E-state index contributed by atoms with van der Waals surface area (Å²) in [6, 6.07) is 15.1. The Hall–Kier alpha value is -3.08. The molecule has 3 aromatic rings. The highest BCUT2D eigenvalue weighted by Crippen LogP contribution is 2.38. The third kappa shape index (κ3) is 2.25. The second-order valence-electron chi connectivity index (χ2n) is 6.12. The summed E-state index contributed by atoms with van der Waals surface area (Å²) in [6.45, 7) is 4.04. The molecule has 120 valence electrons. The SMILES string of the molecule is Cc1ccc2c(c1)-c1cc(C)nn1[C@@H](c1ccc(C(=O)[O-])cc1)N2. The van der Waals surface area contributed by atoms with Crippen LogP contribution in [0.15, 0.2) is 48.5 Å². The van der Waals surface area contributed by atoms with Crippen LogP contribution in [-0.2, 0) is 0 Å². The number of fused-ring (bicyclic) bond motifs is 3. The van der Waals surface area contributed by atoms with Crippen molar-refractivity contribution in [2.45, 2.75) is 20.0 Å². The van der Waals surface area contributed by atoms with Crippen molar-refractivity contribution in [1.29, 1.82) is 0 Å². The fourth-order valence-corrected chi connectivity index (χ4v) is 3.14. The lowest BCUT2D eigenvalue weighted by Gasteiger charge is -2.29. The van der Waals surface area contributed by atoms with Crippen molar-refractivity contribution >= 4 is 11.7 Å². The first kappa shape index (κ1) is 14.5. The molecule has 4 rings (SSSR count). The monoisotopic (exact) mass is 318 g/mol. The highest BCUT2D eigenvalue weighted by atomic mass is 16.4. The number of nitrogens with zero attached hydrogens (tertiary/aromatic N) is 2. The minimum atomic E-state index is -1.17. The lowest BCUT2D eigenvalue weighted by atomic mass is 10.0. The van der Waals surface area contributed by atoms with E-state index in [1.54, 1.807) is 24.3 Å². The number of carbonyl (C=O) groups is 1. The van der Waals surface area contributed by atoms with Crippen LogP contribution < -0.4 is 10.4 Å². The van der Waals surface area contributed by atoms with Crippen LogP contribution in [0, 0.1) is 13.8 Å². The lowest BCUT2D eigenvalue weighted by Crippen LogP contribution is -2.26. The van der Waals surface area contributed by atoms with Crippen molar-refractivity contribution in [2.24, 2.45) is 0 Å². The molecule has 0 fully saturated rings. The number of aromatic nitrogens is 2. The first-order valence-electron chi connectivity index (χ1n) is 7.78. The molecule has 24 heavy (non-hydrogen) atoms. The van der Waals surface area contributed by atoms with Gasteiger partial charge in [0, 0.05) is 11.3 Å². The summed E-state index contributed by atoms with van der Waals surface area (Å²) >= 11 is 0. The molecule has 1 aliphatic rings. The van der Waals surface area contributed by atoms with Gasteiger partial charge in [-0.15, -0.1) is 0 Å². The fourth-order valence-electron chi connectivity index (χ4n) is 3.14. The van der Waals surface area contributed by atoms with Gasteiger partial charge in [-0.25, -0.2) is 4.68 Å².